The number of urea groups is 1. The van der Waals surface area contributed by atoms with Gasteiger partial charge in [-0.05, 0) is 59.0 Å². The van der Waals surface area contributed by atoms with Crippen molar-refractivity contribution in [3.05, 3.63) is 57.8 Å². The van der Waals surface area contributed by atoms with Gasteiger partial charge in [0.15, 0.2) is 11.5 Å². The molecule has 1 saturated carbocycles. The first-order valence-corrected chi connectivity index (χ1v) is 10.9. The highest BCUT2D eigenvalue weighted by atomic mass is 79.9. The Morgan fingerprint density at radius 3 is 2.74 bits per heavy atom. The van der Waals surface area contributed by atoms with Gasteiger partial charge in [0.2, 0.25) is 0 Å². The van der Waals surface area contributed by atoms with Crippen molar-refractivity contribution in [3.63, 3.8) is 0 Å². The maximum Gasteiger partial charge on any atom is 0.315 e. The normalized spacial score (nSPS) is 22.0. The molecular weight excluding hydrogens is 489 g/mol. The number of carbonyl (C=O) groups is 1. The van der Waals surface area contributed by atoms with Gasteiger partial charge in [-0.2, -0.15) is 0 Å². The Kier molecular flexibility index (Phi) is 8.02. The second kappa shape index (κ2) is 10.5. The minimum absolute atomic E-state index is 0. The van der Waals surface area contributed by atoms with Crippen molar-refractivity contribution in [2.45, 2.75) is 50.5 Å². The van der Waals surface area contributed by atoms with Crippen LogP contribution in [0, 0.1) is 5.82 Å². The third kappa shape index (κ3) is 5.61. The summed E-state index contributed by atoms with van der Waals surface area (Å²) in [5, 5.41) is 9.54. The smallest absolute Gasteiger partial charge is 0.315 e. The monoisotopic (exact) mass is 513 g/mol. The number of fused-ring (bicyclic) bond motifs is 1. The van der Waals surface area contributed by atoms with Crippen LogP contribution >= 0.6 is 28.3 Å². The molecule has 6 nitrogen and oxygen atoms in total. The molecule has 3 N–H and O–H groups in total. The molecule has 1 aliphatic heterocycles. The Labute approximate surface area is 195 Å². The molecule has 2 amide bonds. The molecule has 2 aromatic carbocycles. The molecule has 0 spiro atoms. The van der Waals surface area contributed by atoms with Crippen LogP contribution in [0.15, 0.2) is 40.9 Å². The van der Waals surface area contributed by atoms with E-state index in [1.807, 2.05) is 12.1 Å². The van der Waals surface area contributed by atoms with Crippen LogP contribution in [0.25, 0.3) is 0 Å². The van der Waals surface area contributed by atoms with Crippen molar-refractivity contribution < 1.29 is 18.7 Å². The van der Waals surface area contributed by atoms with E-state index in [-0.39, 0.29) is 42.9 Å². The molecule has 0 aromatic heterocycles. The highest BCUT2D eigenvalue weighted by Gasteiger charge is 2.36. The maximum atomic E-state index is 13.9. The molecular formula is C22H26BrClFN3O3. The van der Waals surface area contributed by atoms with Crippen LogP contribution in [-0.2, 0) is 13.2 Å². The summed E-state index contributed by atoms with van der Waals surface area (Å²) in [4.78, 5) is 11.5. The van der Waals surface area contributed by atoms with Crippen LogP contribution in [-0.4, -0.2) is 31.3 Å². The van der Waals surface area contributed by atoms with E-state index in [4.69, 9.17) is 9.47 Å². The molecule has 2 aliphatic rings. The topological polar surface area (TPSA) is 71.6 Å². The van der Waals surface area contributed by atoms with Gasteiger partial charge in [0.25, 0.3) is 0 Å². The first-order chi connectivity index (χ1) is 14.5. The maximum absolute atomic E-state index is 13.9. The number of benzene rings is 2. The van der Waals surface area contributed by atoms with E-state index in [0.717, 1.165) is 29.3 Å². The van der Waals surface area contributed by atoms with E-state index in [9.17, 15) is 9.18 Å². The van der Waals surface area contributed by atoms with Gasteiger partial charge in [0.05, 0.1) is 23.7 Å². The number of methoxy groups -OCH3 is 1. The average molecular weight is 515 g/mol. The fraction of sp³-hybridized carbons (Fsp3) is 0.409. The van der Waals surface area contributed by atoms with Crippen molar-refractivity contribution in [2.24, 2.45) is 0 Å². The van der Waals surface area contributed by atoms with Gasteiger partial charge in [-0.25, -0.2) is 9.18 Å². The van der Waals surface area contributed by atoms with Gasteiger partial charge < -0.3 is 25.4 Å². The van der Waals surface area contributed by atoms with E-state index >= 15 is 0 Å². The fourth-order valence-corrected chi connectivity index (χ4v) is 4.71. The summed E-state index contributed by atoms with van der Waals surface area (Å²) in [5.74, 6) is 0.843. The molecule has 1 saturated heterocycles. The minimum atomic E-state index is -0.295. The molecule has 9 heteroatoms. The van der Waals surface area contributed by atoms with Crippen molar-refractivity contribution in [3.8, 4) is 11.5 Å². The van der Waals surface area contributed by atoms with Gasteiger partial charge >= 0.3 is 6.03 Å². The molecule has 2 aromatic rings. The Morgan fingerprint density at radius 2 is 1.97 bits per heavy atom. The number of nitrogens with one attached hydrogen (secondary N) is 3. The Bertz CT molecular complexity index is 933. The van der Waals surface area contributed by atoms with Crippen LogP contribution in [0.1, 0.15) is 30.4 Å². The second-order valence-corrected chi connectivity index (χ2v) is 8.57. The molecule has 31 heavy (non-hydrogen) atoms. The van der Waals surface area contributed by atoms with Gasteiger partial charge in [-0.15, -0.1) is 12.4 Å². The number of amides is 2. The Morgan fingerprint density at radius 1 is 1.19 bits per heavy atom. The molecule has 1 aliphatic carbocycles. The van der Waals surface area contributed by atoms with Crippen molar-refractivity contribution in [2.75, 3.05) is 7.11 Å². The fourth-order valence-electron chi connectivity index (χ4n) is 4.11. The molecule has 3 atom stereocenters. The highest BCUT2D eigenvalue weighted by molar-refractivity contribution is 9.10. The molecule has 0 radical (unpaired) electrons. The lowest BCUT2D eigenvalue weighted by Gasteiger charge is -2.31. The summed E-state index contributed by atoms with van der Waals surface area (Å²) in [5.41, 5.74) is 1.54. The first-order valence-electron chi connectivity index (χ1n) is 10.1. The number of ether oxygens (including phenoxy) is 2. The summed E-state index contributed by atoms with van der Waals surface area (Å²) >= 11 is 3.56. The molecule has 3 unspecified atom stereocenters. The lowest BCUT2D eigenvalue weighted by molar-refractivity contribution is 0.247. The quantitative estimate of drug-likeness (QED) is 0.516. The molecule has 2 fully saturated rings. The zero-order valence-electron chi connectivity index (χ0n) is 17.1. The van der Waals surface area contributed by atoms with Gasteiger partial charge in [0, 0.05) is 18.2 Å². The predicted molar refractivity (Wildman–Crippen MR) is 122 cm³/mol. The minimum Gasteiger partial charge on any atom is -0.493 e. The summed E-state index contributed by atoms with van der Waals surface area (Å²) in [6.07, 6.45) is 2.90. The summed E-state index contributed by atoms with van der Waals surface area (Å²) in [7, 11) is 1.59. The zero-order chi connectivity index (χ0) is 21.1. The second-order valence-electron chi connectivity index (χ2n) is 7.71. The number of carbonyl (C=O) groups excluding carboxylic acids is 1. The highest BCUT2D eigenvalue weighted by Crippen LogP contribution is 2.37. The number of halogens is 3. The third-order valence-corrected chi connectivity index (χ3v) is 6.29. The largest absolute Gasteiger partial charge is 0.493 e. The van der Waals surface area contributed by atoms with E-state index < -0.39 is 0 Å². The third-order valence-electron chi connectivity index (χ3n) is 5.70. The first kappa shape index (κ1) is 23.6. The van der Waals surface area contributed by atoms with Crippen molar-refractivity contribution in [1.29, 1.82) is 0 Å². The standard InChI is InChI=1S/C22H25BrFN3O3.ClH/c1-29-20-9-13(11-25-15-6-7-18-19(10-15)27-22(28)26-18)8-16(23)21(20)30-12-14-4-2-3-5-17(14)24;/h2-5,8-9,15,18-19,25H,6-7,10-12H2,1H3,(H2,26,27,28);1H. The van der Waals surface area contributed by atoms with Crippen LogP contribution in [0.3, 0.4) is 0 Å². The molecule has 1 heterocycles. The summed E-state index contributed by atoms with van der Waals surface area (Å²) in [6.45, 7) is 0.787. The van der Waals surface area contributed by atoms with Gasteiger partial charge in [0.1, 0.15) is 12.4 Å². The van der Waals surface area contributed by atoms with Crippen LogP contribution < -0.4 is 25.4 Å². The number of rotatable bonds is 7. The van der Waals surface area contributed by atoms with Gasteiger partial charge in [-0.3, -0.25) is 0 Å². The summed E-state index contributed by atoms with van der Waals surface area (Å²) in [6, 6.07) is 11.2. The zero-order valence-corrected chi connectivity index (χ0v) is 19.5. The lowest BCUT2D eigenvalue weighted by atomic mass is 9.88. The predicted octanol–water partition coefficient (Wildman–Crippen LogP) is 4.29. The van der Waals surface area contributed by atoms with Crippen LogP contribution in [0.2, 0.25) is 0 Å². The van der Waals surface area contributed by atoms with Crippen molar-refractivity contribution in [1.82, 2.24) is 16.0 Å². The lowest BCUT2D eigenvalue weighted by Crippen LogP contribution is -2.46. The molecule has 0 bridgehead atoms. The number of hydrogen-bond acceptors (Lipinski definition) is 4. The Hall–Kier alpha value is -2.03. The Balaban J connectivity index is 0.00000272. The van der Waals surface area contributed by atoms with E-state index in [2.05, 4.69) is 31.9 Å². The SMILES string of the molecule is COc1cc(CNC2CCC3NC(=O)NC3C2)cc(Br)c1OCc1ccccc1F.Cl. The van der Waals surface area contributed by atoms with E-state index in [1.54, 1.807) is 25.3 Å². The van der Waals surface area contributed by atoms with Crippen LogP contribution in [0.5, 0.6) is 11.5 Å². The van der Waals surface area contributed by atoms with Crippen molar-refractivity contribution >= 4 is 34.4 Å². The van der Waals surface area contributed by atoms with E-state index in [1.165, 1.54) is 6.07 Å². The number of hydrogen-bond donors (Lipinski definition) is 3. The van der Waals surface area contributed by atoms with Gasteiger partial charge in [-0.1, -0.05) is 18.2 Å². The van der Waals surface area contributed by atoms with Crippen LogP contribution in [0.4, 0.5) is 9.18 Å². The molecule has 168 valence electrons. The average Bonchev–Trinajstić information content (AvgIpc) is 3.11. The summed E-state index contributed by atoms with van der Waals surface area (Å²) < 4.78 is 26.0. The van der Waals surface area contributed by atoms with E-state index in [0.29, 0.717) is 29.6 Å². The molecule has 4 rings (SSSR count).